The molecule has 0 fully saturated rings. The van der Waals surface area contributed by atoms with E-state index in [4.69, 9.17) is 11.6 Å². The maximum atomic E-state index is 12.9. The Morgan fingerprint density at radius 3 is 2.42 bits per heavy atom. The molecule has 0 aliphatic carbocycles. The molecular weight excluding hydrogens is 345 g/mol. The summed E-state index contributed by atoms with van der Waals surface area (Å²) in [6, 6.07) is 3.11. The second-order valence-electron chi connectivity index (χ2n) is 5.80. The first-order valence-corrected chi connectivity index (χ1v) is 7.81. The summed E-state index contributed by atoms with van der Waals surface area (Å²) >= 11 is 5.57. The molecule has 0 atom stereocenters. The number of rotatable bonds is 6. The molecule has 0 heterocycles. The molecule has 0 aliphatic rings. The van der Waals surface area contributed by atoms with Crippen molar-refractivity contribution in [1.29, 1.82) is 0 Å². The van der Waals surface area contributed by atoms with Gasteiger partial charge in [-0.05, 0) is 30.5 Å². The first-order valence-electron chi connectivity index (χ1n) is 7.44. The van der Waals surface area contributed by atoms with Gasteiger partial charge in [0.05, 0.1) is 10.6 Å². The van der Waals surface area contributed by atoms with E-state index in [1.807, 2.05) is 13.8 Å². The monoisotopic (exact) mass is 364 g/mol. The van der Waals surface area contributed by atoms with Gasteiger partial charge in [0.15, 0.2) is 0 Å². The van der Waals surface area contributed by atoms with E-state index >= 15 is 0 Å². The lowest BCUT2D eigenvalue weighted by Gasteiger charge is -2.22. The molecule has 1 rings (SSSR count). The minimum Gasteiger partial charge on any atom is -0.355 e. The van der Waals surface area contributed by atoms with Gasteiger partial charge in [-0.3, -0.25) is 9.59 Å². The smallest absolute Gasteiger partial charge is 0.355 e. The zero-order chi connectivity index (χ0) is 18.5. The number of hydrogen-bond acceptors (Lipinski definition) is 2. The topological polar surface area (TPSA) is 49.4 Å². The SMILES string of the molecule is CC(=O)N(CC(=O)NCCC(C)C)c1ccc(Cl)c(C(F)(F)F)c1. The molecule has 0 aromatic heterocycles. The molecule has 8 heteroatoms. The first kappa shape index (κ1) is 20.3. The molecular formula is C16H20ClF3N2O2. The van der Waals surface area contributed by atoms with Crippen molar-refractivity contribution < 1.29 is 22.8 Å². The van der Waals surface area contributed by atoms with Crippen LogP contribution >= 0.6 is 11.6 Å². The normalized spacial score (nSPS) is 11.5. The summed E-state index contributed by atoms with van der Waals surface area (Å²) in [4.78, 5) is 24.6. The van der Waals surface area contributed by atoms with Crippen LogP contribution in [0.4, 0.5) is 18.9 Å². The fourth-order valence-corrected chi connectivity index (χ4v) is 2.21. The third-order valence-corrected chi connectivity index (χ3v) is 3.62. The van der Waals surface area contributed by atoms with Gasteiger partial charge in [-0.1, -0.05) is 25.4 Å². The fourth-order valence-electron chi connectivity index (χ4n) is 1.98. The summed E-state index contributed by atoms with van der Waals surface area (Å²) in [5.41, 5.74) is -1.08. The van der Waals surface area contributed by atoms with E-state index in [0.29, 0.717) is 12.5 Å². The van der Waals surface area contributed by atoms with Crippen molar-refractivity contribution in [3.8, 4) is 0 Å². The second kappa shape index (κ2) is 8.37. The van der Waals surface area contributed by atoms with Crippen LogP contribution in [0.15, 0.2) is 18.2 Å². The van der Waals surface area contributed by atoms with Crippen LogP contribution in [-0.4, -0.2) is 24.9 Å². The molecule has 0 radical (unpaired) electrons. The molecule has 0 spiro atoms. The maximum Gasteiger partial charge on any atom is 0.417 e. The maximum absolute atomic E-state index is 12.9. The van der Waals surface area contributed by atoms with E-state index in [0.717, 1.165) is 23.5 Å². The van der Waals surface area contributed by atoms with Gasteiger partial charge in [-0.25, -0.2) is 0 Å². The number of hydrogen-bond donors (Lipinski definition) is 1. The quantitative estimate of drug-likeness (QED) is 0.833. The Balaban J connectivity index is 2.93. The van der Waals surface area contributed by atoms with Crippen LogP contribution in [0, 0.1) is 5.92 Å². The summed E-state index contributed by atoms with van der Waals surface area (Å²) in [5.74, 6) is -0.571. The highest BCUT2D eigenvalue weighted by atomic mass is 35.5. The molecule has 0 saturated heterocycles. The molecule has 134 valence electrons. The minimum atomic E-state index is -4.64. The summed E-state index contributed by atoms with van der Waals surface area (Å²) in [6.07, 6.45) is -3.87. The second-order valence-corrected chi connectivity index (χ2v) is 6.21. The molecule has 24 heavy (non-hydrogen) atoms. The van der Waals surface area contributed by atoms with Gasteiger partial charge in [0, 0.05) is 19.2 Å². The Kier molecular flexibility index (Phi) is 7.08. The predicted octanol–water partition coefficient (Wildman–Crippen LogP) is 3.87. The molecule has 1 aromatic rings. The van der Waals surface area contributed by atoms with Crippen molar-refractivity contribution in [2.75, 3.05) is 18.0 Å². The van der Waals surface area contributed by atoms with Crippen molar-refractivity contribution in [3.63, 3.8) is 0 Å². The van der Waals surface area contributed by atoms with Crippen molar-refractivity contribution in [2.24, 2.45) is 5.92 Å². The van der Waals surface area contributed by atoms with Gasteiger partial charge in [0.2, 0.25) is 11.8 Å². The summed E-state index contributed by atoms with van der Waals surface area (Å²) in [7, 11) is 0. The zero-order valence-corrected chi connectivity index (χ0v) is 14.5. The number of halogens is 4. The lowest BCUT2D eigenvalue weighted by atomic mass is 10.1. The summed E-state index contributed by atoms with van der Waals surface area (Å²) in [6.45, 7) is 5.27. The number of anilines is 1. The Morgan fingerprint density at radius 1 is 1.29 bits per heavy atom. The number of alkyl halides is 3. The lowest BCUT2D eigenvalue weighted by Crippen LogP contribution is -2.40. The van der Waals surface area contributed by atoms with E-state index in [1.165, 1.54) is 13.0 Å². The van der Waals surface area contributed by atoms with Gasteiger partial charge >= 0.3 is 6.18 Å². The van der Waals surface area contributed by atoms with E-state index in [-0.39, 0.29) is 12.2 Å². The average molecular weight is 365 g/mol. The molecule has 0 saturated carbocycles. The van der Waals surface area contributed by atoms with Crippen molar-refractivity contribution in [1.82, 2.24) is 5.32 Å². The molecule has 1 aromatic carbocycles. The van der Waals surface area contributed by atoms with Crippen molar-refractivity contribution in [3.05, 3.63) is 28.8 Å². The van der Waals surface area contributed by atoms with E-state index in [2.05, 4.69) is 5.32 Å². The lowest BCUT2D eigenvalue weighted by molar-refractivity contribution is -0.137. The number of nitrogens with one attached hydrogen (secondary N) is 1. The third-order valence-electron chi connectivity index (χ3n) is 3.29. The highest BCUT2D eigenvalue weighted by molar-refractivity contribution is 6.31. The third kappa shape index (κ3) is 6.03. The minimum absolute atomic E-state index is 0.0294. The Labute approximate surface area is 144 Å². The van der Waals surface area contributed by atoms with Gasteiger partial charge < -0.3 is 10.2 Å². The van der Waals surface area contributed by atoms with Crippen molar-refractivity contribution >= 4 is 29.1 Å². The molecule has 0 unspecified atom stereocenters. The van der Waals surface area contributed by atoms with E-state index in [1.54, 1.807) is 0 Å². The Hall–Kier alpha value is -1.76. The van der Waals surface area contributed by atoms with Crippen LogP contribution in [0.3, 0.4) is 0 Å². The largest absolute Gasteiger partial charge is 0.417 e. The number of nitrogens with zero attached hydrogens (tertiary/aromatic N) is 1. The van der Waals surface area contributed by atoms with Gasteiger partial charge in [0.25, 0.3) is 0 Å². The Morgan fingerprint density at radius 2 is 1.92 bits per heavy atom. The highest BCUT2D eigenvalue weighted by Gasteiger charge is 2.34. The van der Waals surface area contributed by atoms with Crippen LogP contribution in [0.2, 0.25) is 5.02 Å². The molecule has 0 bridgehead atoms. The number of amides is 2. The van der Waals surface area contributed by atoms with Crippen LogP contribution in [-0.2, 0) is 15.8 Å². The number of carbonyl (C=O) groups excluding carboxylic acids is 2. The van der Waals surface area contributed by atoms with Crippen LogP contribution < -0.4 is 10.2 Å². The van der Waals surface area contributed by atoms with Crippen molar-refractivity contribution in [2.45, 2.75) is 33.4 Å². The Bertz CT molecular complexity index is 603. The van der Waals surface area contributed by atoms with Crippen LogP contribution in [0.25, 0.3) is 0 Å². The van der Waals surface area contributed by atoms with Crippen LogP contribution in [0.1, 0.15) is 32.8 Å². The summed E-state index contributed by atoms with van der Waals surface area (Å²) < 4.78 is 38.8. The first-order chi connectivity index (χ1) is 11.0. The summed E-state index contributed by atoms with van der Waals surface area (Å²) in [5, 5.41) is 2.18. The zero-order valence-electron chi connectivity index (χ0n) is 13.7. The van der Waals surface area contributed by atoms with Gasteiger partial charge in [0.1, 0.15) is 6.54 Å². The van der Waals surface area contributed by atoms with E-state index < -0.39 is 28.6 Å². The standard InChI is InChI=1S/C16H20ClF3N2O2/c1-10(2)6-7-21-15(24)9-22(11(3)23)12-4-5-14(17)13(8-12)16(18,19)20/h4-5,8,10H,6-7,9H2,1-3H3,(H,21,24). The molecule has 2 amide bonds. The molecule has 4 nitrogen and oxygen atoms in total. The highest BCUT2D eigenvalue weighted by Crippen LogP contribution is 2.36. The number of benzene rings is 1. The average Bonchev–Trinajstić information content (AvgIpc) is 2.43. The molecule has 0 aliphatic heterocycles. The van der Waals surface area contributed by atoms with E-state index in [9.17, 15) is 22.8 Å². The molecule has 1 N–H and O–H groups in total. The predicted molar refractivity (Wildman–Crippen MR) is 86.9 cm³/mol. The van der Waals surface area contributed by atoms with Gasteiger partial charge in [-0.2, -0.15) is 13.2 Å². The van der Waals surface area contributed by atoms with Crippen LogP contribution in [0.5, 0.6) is 0 Å². The number of carbonyl (C=O) groups is 2. The fraction of sp³-hybridized carbons (Fsp3) is 0.500. The van der Waals surface area contributed by atoms with Gasteiger partial charge in [-0.15, -0.1) is 0 Å².